The SMILES string of the molecule is COCCN1C(=O)COC(C(=O)O)C1c1cnn(C)c1. The van der Waals surface area contributed by atoms with Gasteiger partial charge < -0.3 is 19.5 Å². The van der Waals surface area contributed by atoms with Gasteiger partial charge in [0.25, 0.3) is 0 Å². The van der Waals surface area contributed by atoms with Crippen molar-refractivity contribution in [3.05, 3.63) is 18.0 Å². The monoisotopic (exact) mass is 283 g/mol. The van der Waals surface area contributed by atoms with Gasteiger partial charge in [-0.15, -0.1) is 0 Å². The number of carboxylic acid groups (broad SMARTS) is 1. The van der Waals surface area contributed by atoms with Crippen molar-refractivity contribution in [2.24, 2.45) is 7.05 Å². The highest BCUT2D eigenvalue weighted by Crippen LogP contribution is 2.29. The van der Waals surface area contributed by atoms with Gasteiger partial charge in [0.05, 0.1) is 18.8 Å². The van der Waals surface area contributed by atoms with Crippen molar-refractivity contribution in [3.63, 3.8) is 0 Å². The fourth-order valence-electron chi connectivity index (χ4n) is 2.26. The van der Waals surface area contributed by atoms with E-state index in [1.807, 2.05) is 0 Å². The van der Waals surface area contributed by atoms with Crippen molar-refractivity contribution in [1.82, 2.24) is 14.7 Å². The van der Waals surface area contributed by atoms with Crippen molar-refractivity contribution in [3.8, 4) is 0 Å². The molecule has 1 amide bonds. The Bertz CT molecular complexity index is 501. The molecule has 2 heterocycles. The Balaban J connectivity index is 2.33. The van der Waals surface area contributed by atoms with Gasteiger partial charge in [0, 0.05) is 32.5 Å². The Morgan fingerprint density at radius 1 is 1.65 bits per heavy atom. The van der Waals surface area contributed by atoms with E-state index in [0.29, 0.717) is 18.7 Å². The molecule has 8 nitrogen and oxygen atoms in total. The predicted octanol–water partition coefficient (Wildman–Crippen LogP) is -0.580. The second-order valence-corrected chi connectivity index (χ2v) is 4.54. The van der Waals surface area contributed by atoms with Gasteiger partial charge in [0.15, 0.2) is 6.10 Å². The number of amides is 1. The number of aromatic nitrogens is 2. The number of carbonyl (C=O) groups excluding carboxylic acids is 1. The number of nitrogens with zero attached hydrogens (tertiary/aromatic N) is 3. The summed E-state index contributed by atoms with van der Waals surface area (Å²) in [5, 5.41) is 13.3. The third kappa shape index (κ3) is 2.81. The lowest BCUT2D eigenvalue weighted by atomic mass is 10.0. The summed E-state index contributed by atoms with van der Waals surface area (Å²) in [6, 6.07) is -0.697. The first-order chi connectivity index (χ1) is 9.54. The van der Waals surface area contributed by atoms with Gasteiger partial charge in [-0.3, -0.25) is 9.48 Å². The normalized spacial score (nSPS) is 23.1. The van der Waals surface area contributed by atoms with Gasteiger partial charge in [0.1, 0.15) is 6.61 Å². The fraction of sp³-hybridized carbons (Fsp3) is 0.583. The van der Waals surface area contributed by atoms with Crippen LogP contribution >= 0.6 is 0 Å². The summed E-state index contributed by atoms with van der Waals surface area (Å²) < 4.78 is 11.7. The minimum absolute atomic E-state index is 0.239. The summed E-state index contributed by atoms with van der Waals surface area (Å²) in [6.07, 6.45) is 2.12. The zero-order valence-corrected chi connectivity index (χ0v) is 11.4. The first kappa shape index (κ1) is 14.5. The van der Waals surface area contributed by atoms with Crippen LogP contribution in [0.15, 0.2) is 12.4 Å². The molecule has 1 aliphatic heterocycles. The van der Waals surface area contributed by atoms with Crippen LogP contribution in [0, 0.1) is 0 Å². The lowest BCUT2D eigenvalue weighted by Crippen LogP contribution is -2.52. The van der Waals surface area contributed by atoms with Crippen molar-refractivity contribution in [1.29, 1.82) is 0 Å². The summed E-state index contributed by atoms with van der Waals surface area (Å²) in [5.74, 6) is -1.36. The van der Waals surface area contributed by atoms with Crippen molar-refractivity contribution < 1.29 is 24.2 Å². The minimum atomic E-state index is -1.10. The van der Waals surface area contributed by atoms with E-state index < -0.39 is 18.1 Å². The topological polar surface area (TPSA) is 93.9 Å². The van der Waals surface area contributed by atoms with Crippen LogP contribution in [0.4, 0.5) is 0 Å². The van der Waals surface area contributed by atoms with Crippen LogP contribution in [0.2, 0.25) is 0 Å². The van der Waals surface area contributed by atoms with Gasteiger partial charge in [-0.05, 0) is 0 Å². The van der Waals surface area contributed by atoms with Crippen LogP contribution in [0.3, 0.4) is 0 Å². The van der Waals surface area contributed by atoms with Gasteiger partial charge >= 0.3 is 5.97 Å². The molecule has 1 aromatic rings. The Kier molecular flexibility index (Phi) is 4.35. The summed E-state index contributed by atoms with van der Waals surface area (Å²) in [5.41, 5.74) is 0.629. The molecule has 2 rings (SSSR count). The van der Waals surface area contributed by atoms with Crippen LogP contribution < -0.4 is 0 Å². The molecule has 110 valence electrons. The molecule has 0 saturated carbocycles. The molecular formula is C12H17N3O5. The molecule has 0 aromatic carbocycles. The second kappa shape index (κ2) is 6.02. The molecule has 0 aliphatic carbocycles. The molecule has 8 heteroatoms. The molecular weight excluding hydrogens is 266 g/mol. The molecule has 20 heavy (non-hydrogen) atoms. The molecule has 2 atom stereocenters. The third-order valence-electron chi connectivity index (χ3n) is 3.18. The quantitative estimate of drug-likeness (QED) is 0.777. The third-order valence-corrected chi connectivity index (χ3v) is 3.18. The number of methoxy groups -OCH3 is 1. The maximum absolute atomic E-state index is 12.0. The smallest absolute Gasteiger partial charge is 0.335 e. The number of aliphatic carboxylic acids is 1. The highest BCUT2D eigenvalue weighted by molar-refractivity contribution is 5.82. The maximum atomic E-state index is 12.0. The first-order valence-corrected chi connectivity index (χ1v) is 6.16. The van der Waals surface area contributed by atoms with E-state index in [1.165, 1.54) is 12.0 Å². The Morgan fingerprint density at radius 2 is 2.40 bits per heavy atom. The molecule has 0 spiro atoms. The molecule has 1 aromatic heterocycles. The van der Waals surface area contributed by atoms with E-state index in [0.717, 1.165) is 0 Å². The lowest BCUT2D eigenvalue weighted by molar-refractivity contribution is -0.173. The maximum Gasteiger partial charge on any atom is 0.335 e. The van der Waals surface area contributed by atoms with E-state index in [1.54, 1.807) is 24.1 Å². The average molecular weight is 283 g/mol. The molecule has 0 bridgehead atoms. The molecule has 1 N–H and O–H groups in total. The molecule has 1 aliphatic rings. The van der Waals surface area contributed by atoms with Crippen molar-refractivity contribution in [2.45, 2.75) is 12.1 Å². The minimum Gasteiger partial charge on any atom is -0.479 e. The van der Waals surface area contributed by atoms with E-state index in [9.17, 15) is 14.7 Å². The Morgan fingerprint density at radius 3 is 2.95 bits per heavy atom. The number of rotatable bonds is 5. The van der Waals surface area contributed by atoms with Crippen molar-refractivity contribution in [2.75, 3.05) is 26.9 Å². The highest BCUT2D eigenvalue weighted by Gasteiger charge is 2.42. The van der Waals surface area contributed by atoms with E-state index >= 15 is 0 Å². The van der Waals surface area contributed by atoms with E-state index in [4.69, 9.17) is 9.47 Å². The number of hydrogen-bond acceptors (Lipinski definition) is 5. The second-order valence-electron chi connectivity index (χ2n) is 4.54. The van der Waals surface area contributed by atoms with Crippen LogP contribution in [0.25, 0.3) is 0 Å². The van der Waals surface area contributed by atoms with Gasteiger partial charge in [-0.2, -0.15) is 5.10 Å². The Hall–Kier alpha value is -1.93. The number of hydrogen-bond donors (Lipinski definition) is 1. The first-order valence-electron chi connectivity index (χ1n) is 6.16. The fourth-order valence-corrected chi connectivity index (χ4v) is 2.26. The molecule has 2 unspecified atom stereocenters. The summed E-state index contributed by atoms with van der Waals surface area (Å²) in [6.45, 7) is 0.397. The zero-order chi connectivity index (χ0) is 14.7. The van der Waals surface area contributed by atoms with Crippen LogP contribution in [-0.2, 0) is 26.1 Å². The predicted molar refractivity (Wildman–Crippen MR) is 66.9 cm³/mol. The zero-order valence-electron chi connectivity index (χ0n) is 11.4. The van der Waals surface area contributed by atoms with Crippen LogP contribution in [-0.4, -0.2) is 64.6 Å². The van der Waals surface area contributed by atoms with E-state index in [-0.39, 0.29) is 12.5 Å². The highest BCUT2D eigenvalue weighted by atomic mass is 16.5. The standard InChI is InChI=1S/C12H17N3O5/c1-14-6-8(5-13-14)10-11(12(17)18)20-7-9(16)15(10)3-4-19-2/h5-6,10-11H,3-4,7H2,1-2H3,(H,17,18). The van der Waals surface area contributed by atoms with Crippen LogP contribution in [0.1, 0.15) is 11.6 Å². The summed E-state index contributed by atoms with van der Waals surface area (Å²) in [4.78, 5) is 24.8. The van der Waals surface area contributed by atoms with Crippen LogP contribution in [0.5, 0.6) is 0 Å². The summed E-state index contributed by atoms with van der Waals surface area (Å²) >= 11 is 0. The molecule has 1 saturated heterocycles. The number of carbonyl (C=O) groups is 2. The van der Waals surface area contributed by atoms with Gasteiger partial charge in [-0.1, -0.05) is 0 Å². The largest absolute Gasteiger partial charge is 0.479 e. The number of carboxylic acids is 1. The Labute approximate surface area is 115 Å². The number of morpholine rings is 1. The average Bonchev–Trinajstić information content (AvgIpc) is 2.83. The summed E-state index contributed by atoms with van der Waals surface area (Å²) in [7, 11) is 3.25. The number of ether oxygens (including phenoxy) is 2. The van der Waals surface area contributed by atoms with Gasteiger partial charge in [-0.25, -0.2) is 4.79 Å². The van der Waals surface area contributed by atoms with Gasteiger partial charge in [0.2, 0.25) is 5.91 Å². The lowest BCUT2D eigenvalue weighted by Gasteiger charge is -2.38. The van der Waals surface area contributed by atoms with E-state index in [2.05, 4.69) is 5.10 Å². The molecule has 0 radical (unpaired) electrons. The van der Waals surface area contributed by atoms with Crippen molar-refractivity contribution >= 4 is 11.9 Å². The molecule has 1 fully saturated rings. The number of aryl methyl sites for hydroxylation is 1.